The van der Waals surface area contributed by atoms with Gasteiger partial charge in [0.2, 0.25) is 0 Å². The second-order valence-electron chi connectivity index (χ2n) is 5.45. The minimum atomic E-state index is -0.426. The van der Waals surface area contributed by atoms with Gasteiger partial charge >= 0.3 is 5.97 Å². The number of aromatic nitrogens is 2. The first-order valence-electron chi connectivity index (χ1n) is 7.80. The molecule has 1 N–H and O–H groups in total. The summed E-state index contributed by atoms with van der Waals surface area (Å²) in [5.41, 5.74) is 2.82. The Bertz CT molecular complexity index is 885. The van der Waals surface area contributed by atoms with Crippen molar-refractivity contribution in [2.24, 2.45) is 0 Å². The molecule has 3 rings (SSSR count). The predicted molar refractivity (Wildman–Crippen MR) is 94.5 cm³/mol. The van der Waals surface area contributed by atoms with Crippen molar-refractivity contribution in [3.05, 3.63) is 83.7 Å². The summed E-state index contributed by atoms with van der Waals surface area (Å²) in [6, 6.07) is 11.5. The van der Waals surface area contributed by atoms with Crippen molar-refractivity contribution in [1.82, 2.24) is 9.97 Å². The van der Waals surface area contributed by atoms with Gasteiger partial charge in [-0.25, -0.2) is 14.2 Å². The molecule has 0 aliphatic heterocycles. The van der Waals surface area contributed by atoms with Crippen LogP contribution in [0.1, 0.15) is 21.7 Å². The molecule has 1 aromatic heterocycles. The van der Waals surface area contributed by atoms with Crippen LogP contribution in [0.3, 0.4) is 0 Å². The van der Waals surface area contributed by atoms with Crippen LogP contribution in [-0.4, -0.2) is 23.0 Å². The Kier molecular flexibility index (Phi) is 5.04. The fraction of sp³-hybridized carbons (Fsp3) is 0.100. The lowest BCUT2D eigenvalue weighted by Crippen LogP contribution is -2.03. The number of carbonyl (C=O) groups is 1. The molecule has 0 aliphatic rings. The van der Waals surface area contributed by atoms with E-state index in [9.17, 15) is 9.18 Å². The number of nitrogens with one attached hydrogen (secondary N) is 1. The number of carbonyl (C=O) groups excluding carboxylic acids is 1. The van der Waals surface area contributed by atoms with Crippen LogP contribution in [0.15, 0.2) is 60.9 Å². The number of esters is 1. The normalized spacial score (nSPS) is 11.0. The van der Waals surface area contributed by atoms with Crippen molar-refractivity contribution >= 4 is 12.0 Å². The SMILES string of the molecule is COC(=O)c1ccc(/C=C/Cc2ncc[nH]2)cc1-c1ccc(F)cc1. The van der Waals surface area contributed by atoms with Crippen LogP contribution < -0.4 is 0 Å². The summed E-state index contributed by atoms with van der Waals surface area (Å²) < 4.78 is 18.0. The minimum absolute atomic E-state index is 0.321. The molecule has 126 valence electrons. The Balaban J connectivity index is 1.93. The van der Waals surface area contributed by atoms with E-state index in [0.717, 1.165) is 17.0 Å². The lowest BCUT2D eigenvalue weighted by atomic mass is 9.97. The monoisotopic (exact) mass is 336 g/mol. The number of ether oxygens (including phenoxy) is 1. The smallest absolute Gasteiger partial charge is 0.338 e. The maximum atomic E-state index is 13.2. The van der Waals surface area contributed by atoms with Crippen LogP contribution in [0.2, 0.25) is 0 Å². The highest BCUT2D eigenvalue weighted by Crippen LogP contribution is 2.26. The Labute approximate surface area is 145 Å². The molecule has 0 fully saturated rings. The van der Waals surface area contributed by atoms with E-state index in [1.807, 2.05) is 24.3 Å². The van der Waals surface area contributed by atoms with E-state index in [1.54, 1.807) is 30.6 Å². The van der Waals surface area contributed by atoms with E-state index >= 15 is 0 Å². The summed E-state index contributed by atoms with van der Waals surface area (Å²) >= 11 is 0. The topological polar surface area (TPSA) is 55.0 Å². The van der Waals surface area contributed by atoms with Crippen LogP contribution in [0.25, 0.3) is 17.2 Å². The van der Waals surface area contributed by atoms with E-state index in [0.29, 0.717) is 17.5 Å². The summed E-state index contributed by atoms with van der Waals surface area (Å²) in [5, 5.41) is 0. The van der Waals surface area contributed by atoms with E-state index in [-0.39, 0.29) is 5.82 Å². The number of methoxy groups -OCH3 is 1. The molecule has 2 aromatic carbocycles. The van der Waals surface area contributed by atoms with Crippen molar-refractivity contribution < 1.29 is 13.9 Å². The maximum Gasteiger partial charge on any atom is 0.338 e. The largest absolute Gasteiger partial charge is 0.465 e. The van der Waals surface area contributed by atoms with Gasteiger partial charge in [-0.05, 0) is 41.0 Å². The number of hydrogen-bond donors (Lipinski definition) is 1. The molecule has 0 aliphatic carbocycles. The zero-order valence-corrected chi connectivity index (χ0v) is 13.7. The molecule has 4 nitrogen and oxygen atoms in total. The molecule has 0 saturated carbocycles. The average molecular weight is 336 g/mol. The molecule has 0 atom stereocenters. The van der Waals surface area contributed by atoms with E-state index < -0.39 is 5.97 Å². The third-order valence-corrected chi connectivity index (χ3v) is 3.78. The summed E-state index contributed by atoms with van der Waals surface area (Å²) in [6.45, 7) is 0. The highest BCUT2D eigenvalue weighted by molar-refractivity contribution is 5.97. The van der Waals surface area contributed by atoms with Gasteiger partial charge in [-0.1, -0.05) is 30.4 Å². The van der Waals surface area contributed by atoms with E-state index in [4.69, 9.17) is 4.74 Å². The predicted octanol–water partition coefficient (Wildman–Crippen LogP) is 4.26. The molecule has 0 saturated heterocycles. The van der Waals surface area contributed by atoms with E-state index in [1.165, 1.54) is 19.2 Å². The van der Waals surface area contributed by atoms with Gasteiger partial charge in [0.25, 0.3) is 0 Å². The first kappa shape index (κ1) is 16.6. The van der Waals surface area contributed by atoms with Crippen molar-refractivity contribution in [3.8, 4) is 11.1 Å². The first-order valence-corrected chi connectivity index (χ1v) is 7.80. The van der Waals surface area contributed by atoms with Gasteiger partial charge in [0.1, 0.15) is 11.6 Å². The molecule has 0 spiro atoms. The van der Waals surface area contributed by atoms with Gasteiger partial charge in [0.05, 0.1) is 12.7 Å². The molecule has 25 heavy (non-hydrogen) atoms. The van der Waals surface area contributed by atoms with Crippen LogP contribution in [0, 0.1) is 5.82 Å². The molecule has 0 radical (unpaired) electrons. The highest BCUT2D eigenvalue weighted by atomic mass is 19.1. The van der Waals surface area contributed by atoms with Gasteiger partial charge in [-0.15, -0.1) is 0 Å². The number of nitrogens with zero attached hydrogens (tertiary/aromatic N) is 1. The molecule has 5 heteroatoms. The Morgan fingerprint density at radius 3 is 2.72 bits per heavy atom. The number of H-pyrrole nitrogens is 1. The maximum absolute atomic E-state index is 13.2. The van der Waals surface area contributed by atoms with Crippen LogP contribution in [0.5, 0.6) is 0 Å². The van der Waals surface area contributed by atoms with Gasteiger partial charge in [-0.3, -0.25) is 0 Å². The fourth-order valence-electron chi connectivity index (χ4n) is 2.54. The second-order valence-corrected chi connectivity index (χ2v) is 5.45. The number of benzene rings is 2. The third-order valence-electron chi connectivity index (χ3n) is 3.78. The molecule has 0 bridgehead atoms. The number of allylic oxidation sites excluding steroid dienone is 1. The van der Waals surface area contributed by atoms with Gasteiger partial charge < -0.3 is 9.72 Å². The highest BCUT2D eigenvalue weighted by Gasteiger charge is 2.13. The van der Waals surface area contributed by atoms with E-state index in [2.05, 4.69) is 9.97 Å². The lowest BCUT2D eigenvalue weighted by molar-refractivity contribution is 0.0601. The summed E-state index contributed by atoms with van der Waals surface area (Å²) in [5.74, 6) is 0.129. The first-order chi connectivity index (χ1) is 12.2. The second kappa shape index (κ2) is 7.57. The third kappa shape index (κ3) is 4.01. The molecule has 0 amide bonds. The molecule has 0 unspecified atom stereocenters. The van der Waals surface area contributed by atoms with Crippen molar-refractivity contribution in [2.75, 3.05) is 7.11 Å². The zero-order chi connectivity index (χ0) is 17.6. The van der Waals surface area contributed by atoms with Crippen molar-refractivity contribution in [2.45, 2.75) is 6.42 Å². The number of rotatable bonds is 5. The molecular weight excluding hydrogens is 319 g/mol. The van der Waals surface area contributed by atoms with Gasteiger partial charge in [0, 0.05) is 18.8 Å². The van der Waals surface area contributed by atoms with Crippen molar-refractivity contribution in [1.29, 1.82) is 0 Å². The number of imidazole rings is 1. The Morgan fingerprint density at radius 1 is 1.24 bits per heavy atom. The van der Waals surface area contributed by atoms with Gasteiger partial charge in [0.15, 0.2) is 0 Å². The lowest BCUT2D eigenvalue weighted by Gasteiger charge is -2.09. The standard InChI is InChI=1S/C20H17FN2O2/c1-25-20(24)17-10-5-14(3-2-4-19-22-11-12-23-19)13-18(17)15-6-8-16(21)9-7-15/h2-3,5-13H,4H2,1H3,(H,22,23)/b3-2+. The molecule has 3 aromatic rings. The minimum Gasteiger partial charge on any atom is -0.465 e. The molecular formula is C20H17FN2O2. The average Bonchev–Trinajstić information content (AvgIpc) is 3.15. The Morgan fingerprint density at radius 2 is 2.04 bits per heavy atom. The quantitative estimate of drug-likeness (QED) is 0.708. The van der Waals surface area contributed by atoms with Crippen LogP contribution >= 0.6 is 0 Å². The number of hydrogen-bond acceptors (Lipinski definition) is 3. The van der Waals surface area contributed by atoms with Crippen LogP contribution in [0.4, 0.5) is 4.39 Å². The number of aromatic amines is 1. The van der Waals surface area contributed by atoms with Crippen molar-refractivity contribution in [3.63, 3.8) is 0 Å². The Hall–Kier alpha value is -3.21. The summed E-state index contributed by atoms with van der Waals surface area (Å²) in [4.78, 5) is 19.2. The number of halogens is 1. The summed E-state index contributed by atoms with van der Waals surface area (Å²) in [7, 11) is 1.34. The van der Waals surface area contributed by atoms with Gasteiger partial charge in [-0.2, -0.15) is 0 Å². The zero-order valence-electron chi connectivity index (χ0n) is 13.7. The van der Waals surface area contributed by atoms with Crippen LogP contribution in [-0.2, 0) is 11.2 Å². The fourth-order valence-corrected chi connectivity index (χ4v) is 2.54. The summed E-state index contributed by atoms with van der Waals surface area (Å²) in [6.07, 6.45) is 8.11. The molecule has 1 heterocycles.